The maximum Gasteiger partial charge on any atom is 0.374 e. The van der Waals surface area contributed by atoms with E-state index in [1.807, 2.05) is 13.8 Å². The highest BCUT2D eigenvalue weighted by Crippen LogP contribution is 2.07. The first kappa shape index (κ1) is 10.8. The van der Waals surface area contributed by atoms with Crippen molar-refractivity contribution < 1.29 is 9.53 Å². The molecule has 0 atom stereocenters. The summed E-state index contributed by atoms with van der Waals surface area (Å²) in [5.74, 6) is -0.328. The summed E-state index contributed by atoms with van der Waals surface area (Å²) in [6.07, 6.45) is 0.780. The summed E-state index contributed by atoms with van der Waals surface area (Å²) in [6.45, 7) is 3.86. The van der Waals surface area contributed by atoms with Crippen molar-refractivity contribution in [2.75, 3.05) is 7.11 Å². The van der Waals surface area contributed by atoms with Crippen molar-refractivity contribution in [3.8, 4) is 0 Å². The number of hydrogen-bond donors (Lipinski definition) is 1. The Hall–Kier alpha value is -1.23. The Morgan fingerprint density at radius 1 is 1.64 bits per heavy atom. The SMILES string of the molecule is CCc1[nH]c(C(=O)OC)nc(=S)c1C. The third-order valence-electron chi connectivity index (χ3n) is 1.99. The van der Waals surface area contributed by atoms with Gasteiger partial charge in [0.15, 0.2) is 0 Å². The average molecular weight is 212 g/mol. The zero-order valence-electron chi connectivity index (χ0n) is 8.38. The van der Waals surface area contributed by atoms with Gasteiger partial charge in [-0.25, -0.2) is 9.78 Å². The lowest BCUT2D eigenvalue weighted by molar-refractivity contribution is 0.0586. The molecular formula is C9H12N2O2S. The van der Waals surface area contributed by atoms with Gasteiger partial charge in [0.25, 0.3) is 0 Å². The zero-order chi connectivity index (χ0) is 10.7. The van der Waals surface area contributed by atoms with Crippen molar-refractivity contribution in [1.82, 2.24) is 9.97 Å². The van der Waals surface area contributed by atoms with Crippen LogP contribution >= 0.6 is 12.2 Å². The summed E-state index contributed by atoms with van der Waals surface area (Å²) in [5.41, 5.74) is 1.83. The Balaban J connectivity index is 3.30. The monoisotopic (exact) mass is 212 g/mol. The molecule has 76 valence electrons. The van der Waals surface area contributed by atoms with Crippen LogP contribution in [0.25, 0.3) is 0 Å². The Morgan fingerprint density at radius 3 is 2.79 bits per heavy atom. The summed E-state index contributed by atoms with van der Waals surface area (Å²) in [4.78, 5) is 18.0. The van der Waals surface area contributed by atoms with Crippen LogP contribution in [0.2, 0.25) is 0 Å². The highest BCUT2D eigenvalue weighted by Gasteiger charge is 2.10. The van der Waals surface area contributed by atoms with E-state index in [-0.39, 0.29) is 5.82 Å². The molecule has 5 heteroatoms. The minimum absolute atomic E-state index is 0.167. The molecule has 1 heterocycles. The van der Waals surface area contributed by atoms with E-state index in [4.69, 9.17) is 12.2 Å². The first-order chi connectivity index (χ1) is 6.60. The van der Waals surface area contributed by atoms with E-state index in [1.54, 1.807) is 0 Å². The van der Waals surface area contributed by atoms with E-state index in [1.165, 1.54) is 7.11 Å². The van der Waals surface area contributed by atoms with E-state index in [0.29, 0.717) is 4.64 Å². The fourth-order valence-corrected chi connectivity index (χ4v) is 1.34. The van der Waals surface area contributed by atoms with Crippen LogP contribution in [0.15, 0.2) is 0 Å². The number of ether oxygens (including phenoxy) is 1. The van der Waals surface area contributed by atoms with Gasteiger partial charge in [0.05, 0.1) is 7.11 Å². The molecule has 0 radical (unpaired) electrons. The van der Waals surface area contributed by atoms with Crippen LogP contribution < -0.4 is 0 Å². The van der Waals surface area contributed by atoms with Crippen molar-refractivity contribution in [3.63, 3.8) is 0 Å². The maximum absolute atomic E-state index is 11.2. The number of esters is 1. The third-order valence-corrected chi connectivity index (χ3v) is 2.39. The molecule has 1 N–H and O–H groups in total. The fourth-order valence-electron chi connectivity index (χ4n) is 1.13. The lowest BCUT2D eigenvalue weighted by Crippen LogP contribution is -2.10. The van der Waals surface area contributed by atoms with Crippen LogP contribution in [0.5, 0.6) is 0 Å². The summed E-state index contributed by atoms with van der Waals surface area (Å²) in [6, 6.07) is 0. The molecule has 0 fully saturated rings. The standard InChI is InChI=1S/C9H12N2O2S/c1-4-6-5(2)8(14)11-7(10-6)9(12)13-3/h4H2,1-3H3,(H,10,11,14). The van der Waals surface area contributed by atoms with E-state index >= 15 is 0 Å². The smallest absolute Gasteiger partial charge is 0.374 e. The number of hydrogen-bond acceptors (Lipinski definition) is 4. The molecular weight excluding hydrogens is 200 g/mol. The number of carbonyl (C=O) groups is 1. The summed E-state index contributed by atoms with van der Waals surface area (Å²) >= 11 is 5.02. The number of H-pyrrole nitrogens is 1. The second-order valence-electron chi connectivity index (χ2n) is 2.84. The topological polar surface area (TPSA) is 55.0 Å². The van der Waals surface area contributed by atoms with Gasteiger partial charge in [-0.15, -0.1) is 0 Å². The zero-order valence-corrected chi connectivity index (χ0v) is 9.20. The van der Waals surface area contributed by atoms with E-state index in [9.17, 15) is 4.79 Å². The van der Waals surface area contributed by atoms with Crippen LogP contribution in [0, 0.1) is 11.6 Å². The largest absolute Gasteiger partial charge is 0.463 e. The number of aromatic nitrogens is 2. The number of aromatic amines is 1. The quantitative estimate of drug-likeness (QED) is 0.600. The van der Waals surface area contributed by atoms with Gasteiger partial charge in [-0.05, 0) is 13.3 Å². The summed E-state index contributed by atoms with van der Waals surface area (Å²) in [7, 11) is 1.31. The first-order valence-electron chi connectivity index (χ1n) is 4.28. The predicted octanol–water partition coefficient (Wildman–Crippen LogP) is 1.80. The molecule has 1 aromatic heterocycles. The molecule has 0 aliphatic rings. The number of nitrogens with one attached hydrogen (secondary N) is 1. The Labute approximate surface area is 87.3 Å². The van der Waals surface area contributed by atoms with Crippen molar-refractivity contribution in [3.05, 3.63) is 21.7 Å². The number of nitrogens with zero attached hydrogens (tertiary/aromatic N) is 1. The second-order valence-corrected chi connectivity index (χ2v) is 3.23. The number of carbonyl (C=O) groups excluding carboxylic acids is 1. The number of aryl methyl sites for hydroxylation is 1. The van der Waals surface area contributed by atoms with Crippen LogP contribution in [-0.2, 0) is 11.2 Å². The van der Waals surface area contributed by atoms with Gasteiger partial charge in [0.2, 0.25) is 5.82 Å². The lowest BCUT2D eigenvalue weighted by atomic mass is 10.2. The molecule has 0 spiro atoms. The van der Waals surface area contributed by atoms with Gasteiger partial charge in [-0.2, -0.15) is 0 Å². The molecule has 0 aromatic carbocycles. The van der Waals surface area contributed by atoms with Crippen LogP contribution in [0.4, 0.5) is 0 Å². The van der Waals surface area contributed by atoms with Gasteiger partial charge in [0, 0.05) is 11.3 Å². The second kappa shape index (κ2) is 4.32. The van der Waals surface area contributed by atoms with Crippen LogP contribution in [0.3, 0.4) is 0 Å². The van der Waals surface area contributed by atoms with Gasteiger partial charge < -0.3 is 9.72 Å². The maximum atomic E-state index is 11.2. The number of rotatable bonds is 2. The molecule has 0 saturated heterocycles. The van der Waals surface area contributed by atoms with Crippen LogP contribution in [-0.4, -0.2) is 23.0 Å². The highest BCUT2D eigenvalue weighted by molar-refractivity contribution is 7.71. The number of methoxy groups -OCH3 is 1. The molecule has 0 unspecified atom stereocenters. The van der Waals surface area contributed by atoms with Gasteiger partial charge in [-0.1, -0.05) is 19.1 Å². The Bertz CT molecular complexity index is 412. The molecule has 14 heavy (non-hydrogen) atoms. The van der Waals surface area contributed by atoms with Crippen molar-refractivity contribution >= 4 is 18.2 Å². The molecule has 0 bridgehead atoms. The average Bonchev–Trinajstić information content (AvgIpc) is 2.20. The Morgan fingerprint density at radius 2 is 2.29 bits per heavy atom. The van der Waals surface area contributed by atoms with E-state index < -0.39 is 5.97 Å². The molecule has 0 saturated carbocycles. The fraction of sp³-hybridized carbons (Fsp3) is 0.444. The minimum Gasteiger partial charge on any atom is -0.463 e. The first-order valence-corrected chi connectivity index (χ1v) is 4.69. The van der Waals surface area contributed by atoms with Gasteiger partial charge >= 0.3 is 5.97 Å². The van der Waals surface area contributed by atoms with Gasteiger partial charge in [-0.3, -0.25) is 0 Å². The highest BCUT2D eigenvalue weighted by atomic mass is 32.1. The molecule has 0 amide bonds. The Kier molecular flexibility index (Phi) is 3.35. The molecule has 4 nitrogen and oxygen atoms in total. The van der Waals surface area contributed by atoms with E-state index in [0.717, 1.165) is 17.7 Å². The molecule has 1 aromatic rings. The van der Waals surface area contributed by atoms with Crippen molar-refractivity contribution in [1.29, 1.82) is 0 Å². The minimum atomic E-state index is -0.495. The lowest BCUT2D eigenvalue weighted by Gasteiger charge is -2.05. The van der Waals surface area contributed by atoms with E-state index in [2.05, 4.69) is 14.7 Å². The van der Waals surface area contributed by atoms with Gasteiger partial charge in [0.1, 0.15) is 4.64 Å². The normalized spacial score (nSPS) is 9.93. The predicted molar refractivity (Wildman–Crippen MR) is 54.9 cm³/mol. The molecule has 1 rings (SSSR count). The molecule has 0 aliphatic carbocycles. The summed E-state index contributed by atoms with van der Waals surface area (Å²) in [5, 5.41) is 0. The van der Waals surface area contributed by atoms with Crippen molar-refractivity contribution in [2.45, 2.75) is 20.3 Å². The third kappa shape index (κ3) is 1.98. The molecule has 0 aliphatic heterocycles. The summed E-state index contributed by atoms with van der Waals surface area (Å²) < 4.78 is 5.00. The van der Waals surface area contributed by atoms with Crippen molar-refractivity contribution in [2.24, 2.45) is 0 Å². The van der Waals surface area contributed by atoms with Crippen LogP contribution in [0.1, 0.15) is 28.8 Å².